The molecule has 1 aromatic rings. The highest BCUT2D eigenvalue weighted by Gasteiger charge is 2.52. The van der Waals surface area contributed by atoms with Crippen LogP contribution in [0.25, 0.3) is 0 Å². The van der Waals surface area contributed by atoms with Crippen molar-refractivity contribution in [2.45, 2.75) is 72.2 Å². The van der Waals surface area contributed by atoms with E-state index >= 15 is 0 Å². The molecule has 0 radical (unpaired) electrons. The van der Waals surface area contributed by atoms with Crippen molar-refractivity contribution < 1.29 is 23.6 Å². The summed E-state index contributed by atoms with van der Waals surface area (Å²) in [5.41, 5.74) is 1.30. The van der Waals surface area contributed by atoms with Gasteiger partial charge in [-0.25, -0.2) is 4.79 Å². The van der Waals surface area contributed by atoms with Gasteiger partial charge in [0, 0.05) is 18.8 Å². The molecule has 0 aliphatic carbocycles. The topological polar surface area (TPSA) is 77.1 Å². The van der Waals surface area contributed by atoms with Crippen LogP contribution in [0.4, 0.5) is 10.5 Å². The molecular formula is C22H33BN2O5. The summed E-state index contributed by atoms with van der Waals surface area (Å²) in [4.78, 5) is 26.1. The Kier molecular flexibility index (Phi) is 5.71. The van der Waals surface area contributed by atoms with Crippen molar-refractivity contribution in [2.75, 3.05) is 18.4 Å². The van der Waals surface area contributed by atoms with Gasteiger partial charge in [0.2, 0.25) is 5.91 Å². The van der Waals surface area contributed by atoms with Crippen molar-refractivity contribution in [3.63, 3.8) is 0 Å². The Morgan fingerprint density at radius 3 is 2.20 bits per heavy atom. The quantitative estimate of drug-likeness (QED) is 0.767. The third kappa shape index (κ3) is 4.65. The molecular weight excluding hydrogens is 383 g/mol. The third-order valence-corrected chi connectivity index (χ3v) is 5.95. The Bertz CT molecular complexity index is 824. The van der Waals surface area contributed by atoms with Crippen LogP contribution in [0.1, 0.15) is 54.0 Å². The molecule has 0 saturated carbocycles. The first-order chi connectivity index (χ1) is 13.7. The standard InChI is InChI=1S/C22H33BN2O5/c1-14-11-16(9-10-17(14)23-29-21(5,6)22(7,8)30-23)24-18(26)15-12-25(13-15)19(27)28-20(2,3)4/h9-11,15H,12-13H2,1-8H3,(H,24,26). The number of hydrogen-bond donors (Lipinski definition) is 1. The van der Waals surface area contributed by atoms with E-state index in [1.165, 1.54) is 0 Å². The zero-order valence-corrected chi connectivity index (χ0v) is 19.3. The van der Waals surface area contributed by atoms with Gasteiger partial charge in [0.05, 0.1) is 17.1 Å². The SMILES string of the molecule is Cc1cc(NC(=O)C2CN(C(=O)OC(C)(C)C)C2)ccc1B1OC(C)(C)C(C)(C)O1. The van der Waals surface area contributed by atoms with E-state index in [1.807, 2.05) is 73.6 Å². The number of ether oxygens (including phenoxy) is 1. The number of amides is 2. The van der Waals surface area contributed by atoms with Gasteiger partial charge in [-0.05, 0) is 78.5 Å². The van der Waals surface area contributed by atoms with E-state index in [9.17, 15) is 9.59 Å². The normalized spacial score (nSPS) is 20.7. The maximum atomic E-state index is 12.5. The second-order valence-electron chi connectivity index (χ2n) is 10.2. The molecule has 0 atom stereocenters. The second kappa shape index (κ2) is 7.57. The fourth-order valence-electron chi connectivity index (χ4n) is 3.35. The number of likely N-dealkylation sites (tertiary alicyclic amines) is 1. The third-order valence-electron chi connectivity index (χ3n) is 5.95. The van der Waals surface area contributed by atoms with Gasteiger partial charge >= 0.3 is 13.2 Å². The molecule has 2 aliphatic rings. The van der Waals surface area contributed by atoms with E-state index in [1.54, 1.807) is 4.90 Å². The number of anilines is 1. The predicted molar refractivity (Wildman–Crippen MR) is 117 cm³/mol. The van der Waals surface area contributed by atoms with E-state index in [0.29, 0.717) is 18.8 Å². The van der Waals surface area contributed by atoms with Gasteiger partial charge in [-0.2, -0.15) is 0 Å². The Hall–Kier alpha value is -2.06. The molecule has 2 aliphatic heterocycles. The summed E-state index contributed by atoms with van der Waals surface area (Å²) in [6.07, 6.45) is -0.380. The largest absolute Gasteiger partial charge is 0.495 e. The van der Waals surface area contributed by atoms with Gasteiger partial charge < -0.3 is 24.3 Å². The first-order valence-electron chi connectivity index (χ1n) is 10.4. The number of hydrogen-bond acceptors (Lipinski definition) is 5. The molecule has 2 amide bonds. The number of carbonyl (C=O) groups is 2. The molecule has 0 spiro atoms. The van der Waals surface area contributed by atoms with Crippen LogP contribution < -0.4 is 10.8 Å². The van der Waals surface area contributed by atoms with Gasteiger partial charge in [0.1, 0.15) is 5.60 Å². The van der Waals surface area contributed by atoms with Gasteiger partial charge in [-0.1, -0.05) is 6.07 Å². The van der Waals surface area contributed by atoms with Crippen molar-refractivity contribution in [2.24, 2.45) is 5.92 Å². The summed E-state index contributed by atoms with van der Waals surface area (Å²) in [6, 6.07) is 5.71. The molecule has 1 aromatic carbocycles. The van der Waals surface area contributed by atoms with Crippen LogP contribution >= 0.6 is 0 Å². The molecule has 0 aromatic heterocycles. The number of nitrogens with zero attached hydrogens (tertiary/aromatic N) is 1. The molecule has 3 rings (SSSR count). The minimum atomic E-state index is -0.541. The van der Waals surface area contributed by atoms with Crippen LogP contribution in [0.2, 0.25) is 0 Å². The van der Waals surface area contributed by atoms with Crippen LogP contribution in [0.3, 0.4) is 0 Å². The van der Waals surface area contributed by atoms with Crippen molar-refractivity contribution in [1.82, 2.24) is 4.90 Å². The molecule has 0 bridgehead atoms. The minimum absolute atomic E-state index is 0.0995. The Morgan fingerprint density at radius 1 is 1.13 bits per heavy atom. The fourth-order valence-corrected chi connectivity index (χ4v) is 3.35. The number of carbonyl (C=O) groups excluding carboxylic acids is 2. The monoisotopic (exact) mass is 416 g/mol. The molecule has 30 heavy (non-hydrogen) atoms. The van der Waals surface area contributed by atoms with Gasteiger partial charge in [-0.15, -0.1) is 0 Å². The fraction of sp³-hybridized carbons (Fsp3) is 0.636. The number of nitrogens with one attached hydrogen (secondary N) is 1. The van der Waals surface area contributed by atoms with E-state index in [2.05, 4.69) is 5.32 Å². The van der Waals surface area contributed by atoms with Crippen molar-refractivity contribution >= 4 is 30.3 Å². The van der Waals surface area contributed by atoms with Crippen LogP contribution in [0.5, 0.6) is 0 Å². The molecule has 7 nitrogen and oxygen atoms in total. The zero-order valence-electron chi connectivity index (χ0n) is 19.3. The average Bonchev–Trinajstić information content (AvgIpc) is 2.71. The van der Waals surface area contributed by atoms with Crippen molar-refractivity contribution in [1.29, 1.82) is 0 Å². The van der Waals surface area contributed by atoms with Crippen LogP contribution in [0, 0.1) is 12.8 Å². The first kappa shape index (κ1) is 22.6. The second-order valence-corrected chi connectivity index (χ2v) is 10.2. The van der Waals surface area contributed by atoms with Crippen LogP contribution in [-0.2, 0) is 18.8 Å². The highest BCUT2D eigenvalue weighted by Crippen LogP contribution is 2.36. The number of rotatable bonds is 3. The average molecular weight is 416 g/mol. The lowest BCUT2D eigenvalue weighted by Gasteiger charge is -2.38. The molecule has 0 unspecified atom stereocenters. The lowest BCUT2D eigenvalue weighted by Crippen LogP contribution is -2.55. The molecule has 2 heterocycles. The maximum absolute atomic E-state index is 12.5. The van der Waals surface area contributed by atoms with Gasteiger partial charge in [0.25, 0.3) is 0 Å². The van der Waals surface area contributed by atoms with Crippen LogP contribution in [0.15, 0.2) is 18.2 Å². The zero-order chi connectivity index (χ0) is 22.5. The van der Waals surface area contributed by atoms with Gasteiger partial charge in [0.15, 0.2) is 0 Å². The highest BCUT2D eigenvalue weighted by molar-refractivity contribution is 6.62. The molecule has 164 valence electrons. The Morgan fingerprint density at radius 2 is 1.70 bits per heavy atom. The summed E-state index contributed by atoms with van der Waals surface area (Å²) >= 11 is 0. The molecule has 2 fully saturated rings. The Balaban J connectivity index is 1.57. The van der Waals surface area contributed by atoms with Gasteiger partial charge in [-0.3, -0.25) is 4.79 Å². The van der Waals surface area contributed by atoms with Crippen LogP contribution in [-0.4, -0.2) is 53.9 Å². The molecule has 1 N–H and O–H groups in total. The summed E-state index contributed by atoms with van der Waals surface area (Å²) in [5.74, 6) is -0.335. The predicted octanol–water partition coefficient (Wildman–Crippen LogP) is 3.10. The summed E-state index contributed by atoms with van der Waals surface area (Å²) < 4.78 is 17.6. The maximum Gasteiger partial charge on any atom is 0.495 e. The molecule has 8 heteroatoms. The Labute approximate surface area is 179 Å². The molecule has 2 saturated heterocycles. The lowest BCUT2D eigenvalue weighted by atomic mass is 9.76. The van der Waals surface area contributed by atoms with E-state index in [0.717, 1.165) is 11.0 Å². The number of benzene rings is 1. The van der Waals surface area contributed by atoms with E-state index in [-0.39, 0.29) is 17.9 Å². The minimum Gasteiger partial charge on any atom is -0.444 e. The van der Waals surface area contributed by atoms with E-state index < -0.39 is 23.9 Å². The first-order valence-corrected chi connectivity index (χ1v) is 10.4. The van der Waals surface area contributed by atoms with Crippen molar-refractivity contribution in [3.8, 4) is 0 Å². The number of aryl methyl sites for hydroxylation is 1. The van der Waals surface area contributed by atoms with E-state index in [4.69, 9.17) is 14.0 Å². The lowest BCUT2D eigenvalue weighted by molar-refractivity contribution is -0.124. The summed E-state index contributed by atoms with van der Waals surface area (Å²) in [6.45, 7) is 16.3. The van der Waals surface area contributed by atoms with Crippen molar-refractivity contribution in [3.05, 3.63) is 23.8 Å². The highest BCUT2D eigenvalue weighted by atomic mass is 16.7. The smallest absolute Gasteiger partial charge is 0.444 e. The summed E-state index contributed by atoms with van der Waals surface area (Å²) in [7, 11) is -0.436. The summed E-state index contributed by atoms with van der Waals surface area (Å²) in [5, 5.41) is 2.94.